The first-order chi connectivity index (χ1) is 13.3. The molecule has 3 rings (SSSR count). The summed E-state index contributed by atoms with van der Waals surface area (Å²) in [6, 6.07) is 12.9. The van der Waals surface area contributed by atoms with Gasteiger partial charge in [-0.3, -0.25) is 9.69 Å². The van der Waals surface area contributed by atoms with Gasteiger partial charge in [0.2, 0.25) is 5.91 Å². The van der Waals surface area contributed by atoms with Crippen molar-refractivity contribution in [2.45, 2.75) is 20.4 Å². The second-order valence-corrected chi connectivity index (χ2v) is 6.74. The molecule has 5 nitrogen and oxygen atoms in total. The third-order valence-corrected chi connectivity index (χ3v) is 4.49. The molecule has 0 aliphatic heterocycles. The highest BCUT2D eigenvalue weighted by Crippen LogP contribution is 2.19. The average Bonchev–Trinajstić information content (AvgIpc) is 2.93. The van der Waals surface area contributed by atoms with E-state index in [0.29, 0.717) is 6.54 Å². The van der Waals surface area contributed by atoms with Crippen LogP contribution in [0.15, 0.2) is 48.5 Å². The van der Waals surface area contributed by atoms with Gasteiger partial charge in [0, 0.05) is 23.9 Å². The minimum Gasteiger partial charge on any atom is -0.322 e. The van der Waals surface area contributed by atoms with E-state index in [4.69, 9.17) is 0 Å². The molecule has 1 heterocycles. The van der Waals surface area contributed by atoms with Gasteiger partial charge >= 0.3 is 0 Å². The second-order valence-electron chi connectivity index (χ2n) is 6.74. The number of aryl methyl sites for hydroxylation is 1. The van der Waals surface area contributed by atoms with Crippen molar-refractivity contribution < 1.29 is 13.6 Å². The number of benzene rings is 2. The number of anilines is 1. The van der Waals surface area contributed by atoms with E-state index in [1.54, 1.807) is 7.05 Å². The van der Waals surface area contributed by atoms with E-state index in [0.717, 1.165) is 34.8 Å². The number of likely N-dealkylation sites (N-methyl/N-ethyl adjacent to an activating group) is 1. The molecule has 7 heteroatoms. The highest BCUT2D eigenvalue weighted by Gasteiger charge is 2.16. The van der Waals surface area contributed by atoms with Crippen molar-refractivity contribution in [2.75, 3.05) is 18.9 Å². The van der Waals surface area contributed by atoms with Gasteiger partial charge < -0.3 is 5.32 Å². The van der Waals surface area contributed by atoms with Crippen molar-refractivity contribution in [3.63, 3.8) is 0 Å². The van der Waals surface area contributed by atoms with Crippen LogP contribution in [0, 0.1) is 25.5 Å². The standard InChI is InChI=1S/C21H22F2N4O/c1-14-18(15(2)27(25-14)17-7-5-4-6-8-17)12-26(3)13-21(28)24-20-10-9-16(22)11-19(20)23/h4-11H,12-13H2,1-3H3,(H,24,28). The zero-order valence-corrected chi connectivity index (χ0v) is 16.0. The molecule has 2 aromatic carbocycles. The lowest BCUT2D eigenvalue weighted by molar-refractivity contribution is -0.117. The van der Waals surface area contributed by atoms with Gasteiger partial charge in [-0.25, -0.2) is 13.5 Å². The molecule has 0 unspecified atom stereocenters. The first kappa shape index (κ1) is 19.7. The highest BCUT2D eigenvalue weighted by molar-refractivity contribution is 5.92. The van der Waals surface area contributed by atoms with Gasteiger partial charge in [-0.1, -0.05) is 18.2 Å². The maximum atomic E-state index is 13.7. The zero-order chi connectivity index (χ0) is 20.3. The molecule has 28 heavy (non-hydrogen) atoms. The maximum absolute atomic E-state index is 13.7. The maximum Gasteiger partial charge on any atom is 0.238 e. The van der Waals surface area contributed by atoms with Crippen molar-refractivity contribution in [1.82, 2.24) is 14.7 Å². The Morgan fingerprint density at radius 2 is 1.86 bits per heavy atom. The van der Waals surface area contributed by atoms with Gasteiger partial charge in [-0.05, 0) is 45.2 Å². The number of carbonyl (C=O) groups excluding carboxylic acids is 1. The summed E-state index contributed by atoms with van der Waals surface area (Å²) >= 11 is 0. The molecule has 146 valence electrons. The summed E-state index contributed by atoms with van der Waals surface area (Å²) in [7, 11) is 1.80. The van der Waals surface area contributed by atoms with Crippen LogP contribution in [-0.4, -0.2) is 34.2 Å². The number of carbonyl (C=O) groups is 1. The fraction of sp³-hybridized carbons (Fsp3) is 0.238. The Morgan fingerprint density at radius 3 is 2.54 bits per heavy atom. The largest absolute Gasteiger partial charge is 0.322 e. The number of halogens is 2. The van der Waals surface area contributed by atoms with E-state index >= 15 is 0 Å². The summed E-state index contributed by atoms with van der Waals surface area (Å²) in [6.07, 6.45) is 0. The molecule has 0 radical (unpaired) electrons. The third-order valence-electron chi connectivity index (χ3n) is 4.49. The number of nitrogens with one attached hydrogen (secondary N) is 1. The van der Waals surface area contributed by atoms with E-state index in [1.165, 1.54) is 6.07 Å². The van der Waals surface area contributed by atoms with Crippen molar-refractivity contribution in [3.8, 4) is 5.69 Å². The van der Waals surface area contributed by atoms with Gasteiger partial charge in [0.1, 0.15) is 11.6 Å². The molecule has 0 bridgehead atoms. The van der Waals surface area contributed by atoms with Gasteiger partial charge in [-0.15, -0.1) is 0 Å². The fourth-order valence-electron chi connectivity index (χ4n) is 3.08. The molecule has 1 N–H and O–H groups in total. The smallest absolute Gasteiger partial charge is 0.238 e. The predicted octanol–water partition coefficient (Wildman–Crippen LogP) is 3.84. The third kappa shape index (κ3) is 4.43. The molecule has 3 aromatic rings. The van der Waals surface area contributed by atoms with Crippen LogP contribution in [0.3, 0.4) is 0 Å². The predicted molar refractivity (Wildman–Crippen MR) is 104 cm³/mol. The lowest BCUT2D eigenvalue weighted by atomic mass is 10.2. The van der Waals surface area contributed by atoms with Crippen LogP contribution >= 0.6 is 0 Å². The lowest BCUT2D eigenvalue weighted by Crippen LogP contribution is -2.30. The molecular formula is C21H22F2N4O. The molecular weight excluding hydrogens is 362 g/mol. The monoisotopic (exact) mass is 384 g/mol. The van der Waals surface area contributed by atoms with Gasteiger partial charge in [-0.2, -0.15) is 5.10 Å². The van der Waals surface area contributed by atoms with Crippen molar-refractivity contribution in [1.29, 1.82) is 0 Å². The first-order valence-electron chi connectivity index (χ1n) is 8.89. The van der Waals surface area contributed by atoms with Crippen molar-refractivity contribution in [3.05, 3.63) is 77.1 Å². The lowest BCUT2D eigenvalue weighted by Gasteiger charge is -2.17. The van der Waals surface area contributed by atoms with Crippen LogP contribution in [0.1, 0.15) is 17.0 Å². The minimum absolute atomic E-state index is 0.0379. The van der Waals surface area contributed by atoms with E-state index in [9.17, 15) is 13.6 Å². The van der Waals surface area contributed by atoms with Gasteiger partial charge in [0.25, 0.3) is 0 Å². The number of nitrogens with zero attached hydrogens (tertiary/aromatic N) is 3. The molecule has 0 atom stereocenters. The van der Waals surface area contributed by atoms with E-state index < -0.39 is 11.6 Å². The second kappa shape index (κ2) is 8.31. The Morgan fingerprint density at radius 1 is 1.14 bits per heavy atom. The summed E-state index contributed by atoms with van der Waals surface area (Å²) in [5.41, 5.74) is 3.86. The van der Waals surface area contributed by atoms with Crippen molar-refractivity contribution in [2.24, 2.45) is 0 Å². The SMILES string of the molecule is Cc1nn(-c2ccccc2)c(C)c1CN(C)CC(=O)Nc1ccc(F)cc1F. The minimum atomic E-state index is -0.799. The number of hydrogen-bond donors (Lipinski definition) is 1. The summed E-state index contributed by atoms with van der Waals surface area (Å²) in [5, 5.41) is 7.08. The normalized spacial score (nSPS) is 11.1. The average molecular weight is 384 g/mol. The Hall–Kier alpha value is -3.06. The van der Waals surface area contributed by atoms with Crippen LogP contribution in [0.4, 0.5) is 14.5 Å². The van der Waals surface area contributed by atoms with Crippen LogP contribution in [0.25, 0.3) is 5.69 Å². The number of amides is 1. The molecule has 0 spiro atoms. The van der Waals surface area contributed by atoms with Crippen LogP contribution in [-0.2, 0) is 11.3 Å². The molecule has 0 saturated heterocycles. The number of hydrogen-bond acceptors (Lipinski definition) is 3. The highest BCUT2D eigenvalue weighted by atomic mass is 19.1. The summed E-state index contributed by atoms with van der Waals surface area (Å²) in [4.78, 5) is 14.0. The Bertz CT molecular complexity index is 986. The fourth-order valence-corrected chi connectivity index (χ4v) is 3.08. The van der Waals surface area contributed by atoms with Crippen LogP contribution in [0.5, 0.6) is 0 Å². The molecule has 1 aromatic heterocycles. The molecule has 0 saturated carbocycles. The zero-order valence-electron chi connectivity index (χ0n) is 16.0. The Labute approximate surface area is 162 Å². The van der Waals surface area contributed by atoms with Crippen LogP contribution < -0.4 is 5.32 Å². The molecule has 0 aliphatic rings. The first-order valence-corrected chi connectivity index (χ1v) is 8.89. The Balaban J connectivity index is 1.67. The molecule has 0 fully saturated rings. The summed E-state index contributed by atoms with van der Waals surface area (Å²) < 4.78 is 28.5. The summed E-state index contributed by atoms with van der Waals surface area (Å²) in [5.74, 6) is -1.86. The van der Waals surface area contributed by atoms with E-state index in [-0.39, 0.29) is 18.1 Å². The van der Waals surface area contributed by atoms with E-state index in [2.05, 4.69) is 10.4 Å². The Kier molecular flexibility index (Phi) is 5.84. The van der Waals surface area contributed by atoms with Crippen LogP contribution in [0.2, 0.25) is 0 Å². The number of rotatable bonds is 6. The number of para-hydroxylation sites is 1. The number of aromatic nitrogens is 2. The van der Waals surface area contributed by atoms with E-state index in [1.807, 2.05) is 53.8 Å². The molecule has 1 amide bonds. The quantitative estimate of drug-likeness (QED) is 0.703. The van der Waals surface area contributed by atoms with Crippen molar-refractivity contribution >= 4 is 11.6 Å². The summed E-state index contributed by atoms with van der Waals surface area (Å²) in [6.45, 7) is 4.50. The topological polar surface area (TPSA) is 50.2 Å². The van der Waals surface area contributed by atoms with Gasteiger partial charge in [0.15, 0.2) is 0 Å². The molecule has 0 aliphatic carbocycles. The van der Waals surface area contributed by atoms with Gasteiger partial charge in [0.05, 0.1) is 23.6 Å².